The zero-order chi connectivity index (χ0) is 9.94. The molecule has 0 aliphatic heterocycles. The van der Waals surface area contributed by atoms with E-state index < -0.39 is 0 Å². The third-order valence-electron chi connectivity index (χ3n) is 2.22. The van der Waals surface area contributed by atoms with Crippen LogP contribution in [-0.2, 0) is 0 Å². The maximum Gasteiger partial charge on any atom is 0.0345 e. The first-order valence-electron chi connectivity index (χ1n) is 5.35. The summed E-state index contributed by atoms with van der Waals surface area (Å²) in [5, 5.41) is 3.64. The Morgan fingerprint density at radius 3 is 2.38 bits per heavy atom. The van der Waals surface area contributed by atoms with E-state index in [2.05, 4.69) is 16.9 Å². The van der Waals surface area contributed by atoms with E-state index in [1.165, 1.54) is 38.5 Å². The fourth-order valence-electron chi connectivity index (χ4n) is 1.37. The lowest BCUT2D eigenvalue weighted by Crippen LogP contribution is -1.95. The van der Waals surface area contributed by atoms with E-state index >= 15 is 0 Å². The van der Waals surface area contributed by atoms with Crippen LogP contribution in [0.3, 0.4) is 0 Å². The summed E-state index contributed by atoms with van der Waals surface area (Å²) in [4.78, 5) is 2.79. The van der Waals surface area contributed by atoms with Crippen LogP contribution in [0.2, 0.25) is 0 Å². The molecule has 3 nitrogen and oxygen atoms in total. The molecular weight excluding hydrogens is 162 g/mol. The molecule has 0 aromatic heterocycles. The summed E-state index contributed by atoms with van der Waals surface area (Å²) in [6.07, 6.45) is 8.86. The van der Waals surface area contributed by atoms with Gasteiger partial charge in [-0.05, 0) is 12.0 Å². The lowest BCUT2D eigenvalue weighted by molar-refractivity contribution is 0.553. The standard InChI is InChI=1S/C10H21N3/c1-3-4-5-6-7-8-9-10(2)12-13-11/h10H,3-9H2,1-2H3/t10-/m0/s1. The highest BCUT2D eigenvalue weighted by Gasteiger charge is 1.97. The Morgan fingerprint density at radius 1 is 1.15 bits per heavy atom. The van der Waals surface area contributed by atoms with Crippen molar-refractivity contribution in [3.63, 3.8) is 0 Å². The van der Waals surface area contributed by atoms with Gasteiger partial charge in [-0.3, -0.25) is 0 Å². The molecule has 0 radical (unpaired) electrons. The quantitative estimate of drug-likeness (QED) is 0.231. The number of nitrogens with zero attached hydrogens (tertiary/aromatic N) is 3. The van der Waals surface area contributed by atoms with Gasteiger partial charge in [-0.2, -0.15) is 0 Å². The van der Waals surface area contributed by atoms with Gasteiger partial charge in [-0.25, -0.2) is 0 Å². The number of unbranched alkanes of at least 4 members (excludes halogenated alkanes) is 5. The van der Waals surface area contributed by atoms with Crippen LogP contribution in [0, 0.1) is 0 Å². The van der Waals surface area contributed by atoms with Crippen LogP contribution in [0.15, 0.2) is 5.11 Å². The van der Waals surface area contributed by atoms with Crippen molar-refractivity contribution >= 4 is 0 Å². The predicted octanol–water partition coefficient (Wildman–Crippen LogP) is 4.44. The number of hydrogen-bond acceptors (Lipinski definition) is 1. The minimum atomic E-state index is 0.177. The van der Waals surface area contributed by atoms with Gasteiger partial charge in [0.25, 0.3) is 0 Å². The molecule has 1 atom stereocenters. The van der Waals surface area contributed by atoms with Crippen molar-refractivity contribution in [2.75, 3.05) is 0 Å². The molecule has 0 unspecified atom stereocenters. The van der Waals surface area contributed by atoms with E-state index in [0.29, 0.717) is 0 Å². The normalized spacial score (nSPS) is 12.2. The third-order valence-corrected chi connectivity index (χ3v) is 2.22. The second-order valence-electron chi connectivity index (χ2n) is 3.61. The minimum Gasteiger partial charge on any atom is -0.0909 e. The van der Waals surface area contributed by atoms with Crippen molar-refractivity contribution in [1.82, 2.24) is 0 Å². The average Bonchev–Trinajstić information content (AvgIpc) is 2.11. The zero-order valence-electron chi connectivity index (χ0n) is 8.87. The SMILES string of the molecule is CCCCCCCC[C@H](C)N=[N+]=[N-]. The summed E-state index contributed by atoms with van der Waals surface area (Å²) in [5.74, 6) is 0. The Balaban J connectivity index is 3.11. The van der Waals surface area contributed by atoms with Crippen LogP contribution in [0.25, 0.3) is 10.4 Å². The molecule has 0 fully saturated rings. The molecule has 13 heavy (non-hydrogen) atoms. The summed E-state index contributed by atoms with van der Waals surface area (Å²) < 4.78 is 0. The van der Waals surface area contributed by atoms with Gasteiger partial charge in [-0.15, -0.1) is 0 Å². The maximum atomic E-state index is 8.17. The molecular formula is C10H21N3. The van der Waals surface area contributed by atoms with E-state index in [0.717, 1.165) is 6.42 Å². The van der Waals surface area contributed by atoms with Crippen LogP contribution >= 0.6 is 0 Å². The molecule has 0 heterocycles. The summed E-state index contributed by atoms with van der Waals surface area (Å²) in [6.45, 7) is 4.20. The Hall–Kier alpha value is -0.690. The second kappa shape index (κ2) is 9.40. The molecule has 0 bridgehead atoms. The Kier molecular flexibility index (Phi) is 8.90. The van der Waals surface area contributed by atoms with Gasteiger partial charge in [0.2, 0.25) is 0 Å². The molecule has 0 saturated carbocycles. The highest BCUT2D eigenvalue weighted by molar-refractivity contribution is 4.60. The third kappa shape index (κ3) is 9.22. The molecule has 0 amide bonds. The van der Waals surface area contributed by atoms with Crippen molar-refractivity contribution in [1.29, 1.82) is 0 Å². The first-order valence-corrected chi connectivity index (χ1v) is 5.35. The maximum absolute atomic E-state index is 8.17. The van der Waals surface area contributed by atoms with Gasteiger partial charge >= 0.3 is 0 Å². The average molecular weight is 183 g/mol. The van der Waals surface area contributed by atoms with Crippen molar-refractivity contribution < 1.29 is 0 Å². The van der Waals surface area contributed by atoms with Gasteiger partial charge in [0.05, 0.1) is 0 Å². The van der Waals surface area contributed by atoms with Crippen molar-refractivity contribution in [3.8, 4) is 0 Å². The summed E-state index contributed by atoms with van der Waals surface area (Å²) in [5.41, 5.74) is 8.17. The van der Waals surface area contributed by atoms with Crippen LogP contribution in [0.1, 0.15) is 58.8 Å². The van der Waals surface area contributed by atoms with E-state index in [1.54, 1.807) is 0 Å². The van der Waals surface area contributed by atoms with Gasteiger partial charge in [-0.1, -0.05) is 57.5 Å². The summed E-state index contributed by atoms with van der Waals surface area (Å²) in [6, 6.07) is 0.177. The molecule has 0 spiro atoms. The highest BCUT2D eigenvalue weighted by Crippen LogP contribution is 2.09. The Labute approximate surface area is 81.2 Å². The van der Waals surface area contributed by atoms with Crippen molar-refractivity contribution in [2.24, 2.45) is 5.11 Å². The molecule has 0 saturated heterocycles. The minimum absolute atomic E-state index is 0.177. The first-order chi connectivity index (χ1) is 6.31. The van der Waals surface area contributed by atoms with Gasteiger partial charge < -0.3 is 0 Å². The highest BCUT2D eigenvalue weighted by atomic mass is 15.1. The lowest BCUT2D eigenvalue weighted by Gasteiger charge is -2.03. The molecule has 0 aromatic carbocycles. The largest absolute Gasteiger partial charge is 0.0909 e. The molecule has 0 aliphatic rings. The summed E-state index contributed by atoms with van der Waals surface area (Å²) in [7, 11) is 0. The smallest absolute Gasteiger partial charge is 0.0345 e. The van der Waals surface area contributed by atoms with Gasteiger partial charge in [0.15, 0.2) is 0 Å². The van der Waals surface area contributed by atoms with E-state index in [-0.39, 0.29) is 6.04 Å². The van der Waals surface area contributed by atoms with Crippen LogP contribution in [-0.4, -0.2) is 6.04 Å². The Morgan fingerprint density at radius 2 is 1.77 bits per heavy atom. The number of hydrogen-bond donors (Lipinski definition) is 0. The fraction of sp³-hybridized carbons (Fsp3) is 1.00. The first kappa shape index (κ1) is 12.3. The molecule has 0 aromatic rings. The van der Waals surface area contributed by atoms with E-state index in [1.807, 2.05) is 6.92 Å². The van der Waals surface area contributed by atoms with Crippen molar-refractivity contribution in [3.05, 3.63) is 10.4 Å². The predicted molar refractivity (Wildman–Crippen MR) is 56.6 cm³/mol. The van der Waals surface area contributed by atoms with Crippen LogP contribution < -0.4 is 0 Å². The fourth-order valence-corrected chi connectivity index (χ4v) is 1.37. The molecule has 0 aliphatic carbocycles. The van der Waals surface area contributed by atoms with E-state index in [4.69, 9.17) is 5.53 Å². The van der Waals surface area contributed by atoms with Crippen molar-refractivity contribution in [2.45, 2.75) is 64.8 Å². The number of azide groups is 1. The zero-order valence-corrected chi connectivity index (χ0v) is 8.87. The second-order valence-corrected chi connectivity index (χ2v) is 3.61. The van der Waals surface area contributed by atoms with Gasteiger partial charge in [0.1, 0.15) is 0 Å². The topological polar surface area (TPSA) is 48.8 Å². The van der Waals surface area contributed by atoms with Gasteiger partial charge in [0, 0.05) is 11.0 Å². The molecule has 3 heteroatoms. The molecule has 76 valence electrons. The monoisotopic (exact) mass is 183 g/mol. The summed E-state index contributed by atoms with van der Waals surface area (Å²) >= 11 is 0. The number of rotatable bonds is 8. The van der Waals surface area contributed by atoms with E-state index in [9.17, 15) is 0 Å². The van der Waals surface area contributed by atoms with Crippen LogP contribution in [0.5, 0.6) is 0 Å². The van der Waals surface area contributed by atoms with Crippen LogP contribution in [0.4, 0.5) is 0 Å². The molecule has 0 rings (SSSR count). The Bertz CT molecular complexity index is 150. The molecule has 0 N–H and O–H groups in total. The lowest BCUT2D eigenvalue weighted by atomic mass is 10.1.